The van der Waals surface area contributed by atoms with Gasteiger partial charge in [-0.3, -0.25) is 0 Å². The number of hydrogen-bond donors (Lipinski definition) is 1. The smallest absolute Gasteiger partial charge is 0.213 e. The minimum absolute atomic E-state index is 0.111. The van der Waals surface area contributed by atoms with Crippen LogP contribution in [0.4, 0.5) is 0 Å². The van der Waals surface area contributed by atoms with E-state index in [2.05, 4.69) is 31.1 Å². The lowest BCUT2D eigenvalue weighted by Gasteiger charge is -2.20. The van der Waals surface area contributed by atoms with Crippen LogP contribution in [0.5, 0.6) is 5.88 Å². The van der Waals surface area contributed by atoms with Crippen LogP contribution in [0.15, 0.2) is 18.3 Å². The van der Waals surface area contributed by atoms with E-state index in [0.717, 1.165) is 6.54 Å². The number of pyridine rings is 1. The molecule has 1 heterocycles. The van der Waals surface area contributed by atoms with E-state index in [1.165, 1.54) is 5.56 Å². The molecule has 4 nitrogen and oxygen atoms in total. The molecule has 0 saturated heterocycles. The molecular formula is C13H22N2O2. The fourth-order valence-corrected chi connectivity index (χ4v) is 1.24. The minimum atomic E-state index is 0.111. The fourth-order valence-electron chi connectivity index (χ4n) is 1.24. The van der Waals surface area contributed by atoms with Crippen LogP contribution >= 0.6 is 0 Å². The quantitative estimate of drug-likeness (QED) is 0.770. The summed E-state index contributed by atoms with van der Waals surface area (Å²) >= 11 is 0. The summed E-state index contributed by atoms with van der Waals surface area (Å²) in [6.45, 7) is 8.34. The summed E-state index contributed by atoms with van der Waals surface area (Å²) in [7, 11) is 1.65. The number of rotatable bonds is 6. The third-order valence-corrected chi connectivity index (χ3v) is 2.16. The predicted octanol–water partition coefficient (Wildman–Crippen LogP) is 1.99. The predicted molar refractivity (Wildman–Crippen MR) is 68.2 cm³/mol. The van der Waals surface area contributed by atoms with Gasteiger partial charge < -0.3 is 14.8 Å². The maximum Gasteiger partial charge on any atom is 0.213 e. The average molecular weight is 238 g/mol. The molecule has 0 fully saturated rings. The summed E-state index contributed by atoms with van der Waals surface area (Å²) < 4.78 is 10.4. The Morgan fingerprint density at radius 2 is 2.06 bits per heavy atom. The van der Waals surface area contributed by atoms with Gasteiger partial charge >= 0.3 is 0 Å². The molecule has 1 rings (SSSR count). The normalized spacial score (nSPS) is 11.5. The van der Waals surface area contributed by atoms with Gasteiger partial charge in [0, 0.05) is 31.5 Å². The van der Waals surface area contributed by atoms with E-state index in [9.17, 15) is 0 Å². The summed E-state index contributed by atoms with van der Waals surface area (Å²) in [5, 5.41) is 3.42. The first-order valence-corrected chi connectivity index (χ1v) is 5.83. The molecule has 0 bridgehead atoms. The van der Waals surface area contributed by atoms with Crippen molar-refractivity contribution in [3.63, 3.8) is 0 Å². The van der Waals surface area contributed by atoms with E-state index >= 15 is 0 Å². The molecule has 0 aliphatic rings. The van der Waals surface area contributed by atoms with E-state index in [1.807, 2.05) is 12.1 Å². The Hall–Kier alpha value is -1.13. The van der Waals surface area contributed by atoms with Gasteiger partial charge in [-0.2, -0.15) is 0 Å². The van der Waals surface area contributed by atoms with Gasteiger partial charge in [0.25, 0.3) is 0 Å². The average Bonchev–Trinajstić information content (AvgIpc) is 2.27. The van der Waals surface area contributed by atoms with Gasteiger partial charge in [0.05, 0.1) is 6.61 Å². The monoisotopic (exact) mass is 238 g/mol. The van der Waals surface area contributed by atoms with Crippen LogP contribution < -0.4 is 10.1 Å². The summed E-state index contributed by atoms with van der Waals surface area (Å²) in [6, 6.07) is 3.94. The highest BCUT2D eigenvalue weighted by Gasteiger charge is 2.08. The Morgan fingerprint density at radius 3 is 2.71 bits per heavy atom. The van der Waals surface area contributed by atoms with Gasteiger partial charge in [-0.25, -0.2) is 4.98 Å². The van der Waals surface area contributed by atoms with Gasteiger partial charge in [-0.05, 0) is 32.4 Å². The molecule has 96 valence electrons. The standard InChI is InChI=1S/C13H22N2O2/c1-13(2,3)15-10-11-5-6-14-12(9-11)17-8-7-16-4/h5-6,9,15H,7-8,10H2,1-4H3. The van der Waals surface area contributed by atoms with E-state index in [1.54, 1.807) is 13.3 Å². The summed E-state index contributed by atoms with van der Waals surface area (Å²) in [4.78, 5) is 4.15. The zero-order valence-corrected chi connectivity index (χ0v) is 11.1. The Balaban J connectivity index is 2.48. The topological polar surface area (TPSA) is 43.4 Å². The fraction of sp³-hybridized carbons (Fsp3) is 0.615. The molecule has 0 spiro atoms. The molecule has 0 radical (unpaired) electrons. The number of nitrogens with one attached hydrogen (secondary N) is 1. The number of methoxy groups -OCH3 is 1. The number of nitrogens with zero attached hydrogens (tertiary/aromatic N) is 1. The van der Waals surface area contributed by atoms with E-state index in [0.29, 0.717) is 19.1 Å². The van der Waals surface area contributed by atoms with Crippen molar-refractivity contribution in [1.29, 1.82) is 0 Å². The van der Waals surface area contributed by atoms with Crippen LogP contribution in [-0.4, -0.2) is 30.8 Å². The highest BCUT2D eigenvalue weighted by molar-refractivity contribution is 5.20. The van der Waals surface area contributed by atoms with E-state index < -0.39 is 0 Å². The van der Waals surface area contributed by atoms with Crippen molar-refractivity contribution in [3.05, 3.63) is 23.9 Å². The highest BCUT2D eigenvalue weighted by atomic mass is 16.5. The van der Waals surface area contributed by atoms with Crippen molar-refractivity contribution in [3.8, 4) is 5.88 Å². The van der Waals surface area contributed by atoms with Gasteiger partial charge in [0.1, 0.15) is 6.61 Å². The van der Waals surface area contributed by atoms with Gasteiger partial charge in [-0.1, -0.05) is 0 Å². The molecular weight excluding hydrogens is 216 g/mol. The molecule has 1 N–H and O–H groups in total. The second-order valence-corrected chi connectivity index (χ2v) is 4.95. The summed E-state index contributed by atoms with van der Waals surface area (Å²) in [5.74, 6) is 0.648. The summed E-state index contributed by atoms with van der Waals surface area (Å²) in [6.07, 6.45) is 1.77. The first kappa shape index (κ1) is 13.9. The lowest BCUT2D eigenvalue weighted by molar-refractivity contribution is 0.143. The molecule has 0 unspecified atom stereocenters. The van der Waals surface area contributed by atoms with Crippen molar-refractivity contribution in [1.82, 2.24) is 10.3 Å². The van der Waals surface area contributed by atoms with Crippen molar-refractivity contribution in [2.24, 2.45) is 0 Å². The zero-order chi connectivity index (χ0) is 12.7. The highest BCUT2D eigenvalue weighted by Crippen LogP contribution is 2.10. The van der Waals surface area contributed by atoms with E-state index in [4.69, 9.17) is 9.47 Å². The SMILES string of the molecule is COCCOc1cc(CNC(C)(C)C)ccn1. The first-order valence-electron chi connectivity index (χ1n) is 5.83. The Bertz CT molecular complexity index is 334. The largest absolute Gasteiger partial charge is 0.475 e. The molecule has 4 heteroatoms. The molecule has 0 aromatic carbocycles. The Labute approximate surface area is 103 Å². The van der Waals surface area contributed by atoms with Gasteiger partial charge in [0.15, 0.2) is 0 Å². The Morgan fingerprint density at radius 1 is 1.29 bits per heavy atom. The van der Waals surface area contributed by atoms with Crippen molar-refractivity contribution < 1.29 is 9.47 Å². The van der Waals surface area contributed by atoms with Crippen LogP contribution in [0.1, 0.15) is 26.3 Å². The summed E-state index contributed by atoms with van der Waals surface area (Å²) in [5.41, 5.74) is 1.28. The van der Waals surface area contributed by atoms with Gasteiger partial charge in [-0.15, -0.1) is 0 Å². The van der Waals surface area contributed by atoms with Crippen LogP contribution in [0.2, 0.25) is 0 Å². The molecule has 17 heavy (non-hydrogen) atoms. The minimum Gasteiger partial charge on any atom is -0.475 e. The molecule has 0 aliphatic heterocycles. The maximum atomic E-state index is 5.46. The molecule has 0 saturated carbocycles. The third-order valence-electron chi connectivity index (χ3n) is 2.16. The first-order chi connectivity index (χ1) is 8.01. The second-order valence-electron chi connectivity index (χ2n) is 4.95. The molecule has 1 aromatic heterocycles. The number of ether oxygens (including phenoxy) is 2. The van der Waals surface area contributed by atoms with Crippen LogP contribution in [-0.2, 0) is 11.3 Å². The van der Waals surface area contributed by atoms with Crippen LogP contribution in [0.25, 0.3) is 0 Å². The Kier molecular flexibility index (Phi) is 5.38. The maximum absolute atomic E-state index is 5.46. The van der Waals surface area contributed by atoms with Crippen molar-refractivity contribution >= 4 is 0 Å². The van der Waals surface area contributed by atoms with Crippen LogP contribution in [0, 0.1) is 0 Å². The number of aromatic nitrogens is 1. The van der Waals surface area contributed by atoms with E-state index in [-0.39, 0.29) is 5.54 Å². The van der Waals surface area contributed by atoms with Gasteiger partial charge in [0.2, 0.25) is 5.88 Å². The zero-order valence-electron chi connectivity index (χ0n) is 11.1. The molecule has 0 atom stereocenters. The molecule has 0 aliphatic carbocycles. The third kappa shape index (κ3) is 6.24. The van der Waals surface area contributed by atoms with Crippen LogP contribution in [0.3, 0.4) is 0 Å². The lowest BCUT2D eigenvalue weighted by atomic mass is 10.1. The number of hydrogen-bond acceptors (Lipinski definition) is 4. The second kappa shape index (κ2) is 6.57. The molecule has 0 amide bonds. The molecule has 1 aromatic rings. The lowest BCUT2D eigenvalue weighted by Crippen LogP contribution is -2.35. The van der Waals surface area contributed by atoms with Crippen molar-refractivity contribution in [2.45, 2.75) is 32.9 Å². The van der Waals surface area contributed by atoms with Crippen molar-refractivity contribution in [2.75, 3.05) is 20.3 Å².